The Labute approximate surface area is 168 Å². The highest BCUT2D eigenvalue weighted by atomic mass is 32.2. The average Bonchev–Trinajstić information content (AvgIpc) is 2.74. The van der Waals surface area contributed by atoms with Crippen LogP contribution in [0.2, 0.25) is 0 Å². The van der Waals surface area contributed by atoms with Crippen molar-refractivity contribution in [1.29, 1.82) is 0 Å². The van der Waals surface area contributed by atoms with Crippen molar-refractivity contribution in [3.8, 4) is 5.75 Å². The van der Waals surface area contributed by atoms with Gasteiger partial charge in [0.05, 0.1) is 16.4 Å². The first-order chi connectivity index (χ1) is 13.9. The van der Waals surface area contributed by atoms with Crippen LogP contribution in [0, 0.1) is 10.1 Å². The zero-order valence-corrected chi connectivity index (χ0v) is 16.7. The summed E-state index contributed by atoms with van der Waals surface area (Å²) in [5, 5.41) is 11.4. The molecule has 1 fully saturated rings. The van der Waals surface area contributed by atoms with Crippen molar-refractivity contribution in [3.05, 3.63) is 58.1 Å². The largest absolute Gasteiger partial charge is 0.494 e. The van der Waals surface area contributed by atoms with Gasteiger partial charge in [0.25, 0.3) is 5.69 Å². The highest BCUT2D eigenvalue weighted by Gasteiger charge is 2.30. The fraction of sp³-hybridized carbons (Fsp3) is 0.316. The van der Waals surface area contributed by atoms with Crippen LogP contribution in [0.3, 0.4) is 0 Å². The molecule has 0 aromatic heterocycles. The number of hydrogen-bond acceptors (Lipinski definition) is 7. The maximum Gasteiger partial charge on any atom is 0.293 e. The second-order valence-corrected chi connectivity index (χ2v) is 8.36. The lowest BCUT2D eigenvalue weighted by molar-refractivity contribution is -0.384. The molecule has 0 aliphatic carbocycles. The van der Waals surface area contributed by atoms with Gasteiger partial charge in [-0.05, 0) is 43.3 Å². The summed E-state index contributed by atoms with van der Waals surface area (Å²) < 4.78 is 32.5. The predicted molar refractivity (Wildman–Crippen MR) is 107 cm³/mol. The van der Waals surface area contributed by atoms with Gasteiger partial charge in [-0.15, -0.1) is 0 Å². The Kier molecular flexibility index (Phi) is 6.14. The summed E-state index contributed by atoms with van der Waals surface area (Å²) in [7, 11) is -3.67. The number of sulfonamides is 1. The molecule has 3 rings (SSSR count). The molecule has 2 aromatic carbocycles. The SMILES string of the molecule is CCOc1ccc(S(=O)(=O)N2CCN(c3ccc(C=O)cc3[N+](=O)[O-])CC2)cc1. The van der Waals surface area contributed by atoms with E-state index >= 15 is 0 Å². The molecule has 154 valence electrons. The summed E-state index contributed by atoms with van der Waals surface area (Å²) in [5.41, 5.74) is 0.424. The van der Waals surface area contributed by atoms with Crippen LogP contribution < -0.4 is 9.64 Å². The van der Waals surface area contributed by atoms with Crippen LogP contribution >= 0.6 is 0 Å². The lowest BCUT2D eigenvalue weighted by Gasteiger charge is -2.35. The topological polar surface area (TPSA) is 110 Å². The smallest absolute Gasteiger partial charge is 0.293 e. The van der Waals surface area contributed by atoms with Gasteiger partial charge in [0.2, 0.25) is 10.0 Å². The van der Waals surface area contributed by atoms with E-state index in [1.807, 2.05) is 6.92 Å². The molecule has 0 amide bonds. The number of piperazine rings is 1. The van der Waals surface area contributed by atoms with Gasteiger partial charge < -0.3 is 9.64 Å². The molecule has 0 N–H and O–H groups in total. The Morgan fingerprint density at radius 1 is 1.10 bits per heavy atom. The molecule has 0 radical (unpaired) electrons. The number of carbonyl (C=O) groups excluding carboxylic acids is 1. The zero-order chi connectivity index (χ0) is 21.0. The summed E-state index contributed by atoms with van der Waals surface area (Å²) in [6.07, 6.45) is 0.554. The second-order valence-electron chi connectivity index (χ2n) is 6.42. The minimum atomic E-state index is -3.67. The van der Waals surface area contributed by atoms with Crippen molar-refractivity contribution in [2.24, 2.45) is 0 Å². The van der Waals surface area contributed by atoms with Crippen LogP contribution in [-0.2, 0) is 10.0 Å². The maximum atomic E-state index is 12.9. The van der Waals surface area contributed by atoms with E-state index in [0.717, 1.165) is 0 Å². The summed E-state index contributed by atoms with van der Waals surface area (Å²) in [6, 6.07) is 10.5. The van der Waals surface area contributed by atoms with Crippen molar-refractivity contribution in [3.63, 3.8) is 0 Å². The van der Waals surface area contributed by atoms with Crippen LogP contribution in [0.5, 0.6) is 5.75 Å². The van der Waals surface area contributed by atoms with Gasteiger partial charge in [-0.2, -0.15) is 4.31 Å². The molecule has 1 saturated heterocycles. The quantitative estimate of drug-likeness (QED) is 0.385. The Hall–Kier alpha value is -2.98. The molecular weight excluding hydrogens is 398 g/mol. The third-order valence-electron chi connectivity index (χ3n) is 4.68. The third-order valence-corrected chi connectivity index (χ3v) is 6.60. The second kappa shape index (κ2) is 8.58. The third kappa shape index (κ3) is 4.38. The molecule has 1 aliphatic rings. The van der Waals surface area contributed by atoms with Crippen molar-refractivity contribution < 1.29 is 22.9 Å². The molecular formula is C19H21N3O6S. The standard InChI is InChI=1S/C19H21N3O6S/c1-2-28-16-4-6-17(7-5-16)29(26,27)21-11-9-20(10-12-21)18-8-3-15(14-23)13-19(18)22(24)25/h3-8,13-14H,2,9-12H2,1H3. The number of anilines is 1. The molecule has 1 heterocycles. The molecule has 29 heavy (non-hydrogen) atoms. The van der Waals surface area contributed by atoms with Crippen LogP contribution in [0.25, 0.3) is 0 Å². The summed E-state index contributed by atoms with van der Waals surface area (Å²) in [5.74, 6) is 0.599. The Morgan fingerprint density at radius 3 is 2.31 bits per heavy atom. The van der Waals surface area contributed by atoms with Crippen LogP contribution in [0.4, 0.5) is 11.4 Å². The fourth-order valence-electron chi connectivity index (χ4n) is 3.22. The van der Waals surface area contributed by atoms with Crippen LogP contribution in [0.1, 0.15) is 17.3 Å². The number of aldehydes is 1. The molecule has 10 heteroatoms. The lowest BCUT2D eigenvalue weighted by Crippen LogP contribution is -2.48. The highest BCUT2D eigenvalue weighted by Crippen LogP contribution is 2.30. The number of rotatable bonds is 7. The minimum absolute atomic E-state index is 0.169. The molecule has 0 atom stereocenters. The molecule has 0 spiro atoms. The molecule has 2 aromatic rings. The monoisotopic (exact) mass is 419 g/mol. The number of ether oxygens (including phenoxy) is 1. The van der Waals surface area contributed by atoms with E-state index in [0.29, 0.717) is 37.4 Å². The van der Waals surface area contributed by atoms with Crippen LogP contribution in [0.15, 0.2) is 47.4 Å². The van der Waals surface area contributed by atoms with E-state index in [4.69, 9.17) is 4.74 Å². The molecule has 0 unspecified atom stereocenters. The number of carbonyl (C=O) groups is 1. The number of nitro groups is 1. The Balaban J connectivity index is 1.75. The van der Waals surface area contributed by atoms with Gasteiger partial charge in [-0.25, -0.2) is 8.42 Å². The van der Waals surface area contributed by atoms with Gasteiger partial charge in [0.1, 0.15) is 17.7 Å². The fourth-order valence-corrected chi connectivity index (χ4v) is 4.64. The predicted octanol–water partition coefficient (Wildman–Crippen LogP) is 2.32. The lowest BCUT2D eigenvalue weighted by atomic mass is 10.1. The van der Waals surface area contributed by atoms with E-state index in [2.05, 4.69) is 0 Å². The zero-order valence-electron chi connectivity index (χ0n) is 15.9. The van der Waals surface area contributed by atoms with Gasteiger partial charge in [0.15, 0.2) is 0 Å². The number of nitrogens with zero attached hydrogens (tertiary/aromatic N) is 3. The van der Waals surface area contributed by atoms with Gasteiger partial charge in [0, 0.05) is 37.8 Å². The number of hydrogen-bond donors (Lipinski definition) is 0. The first-order valence-corrected chi connectivity index (χ1v) is 10.5. The summed E-state index contributed by atoms with van der Waals surface area (Å²) in [6.45, 7) is 3.34. The van der Waals surface area contributed by atoms with Crippen molar-refractivity contribution >= 4 is 27.7 Å². The normalized spacial score (nSPS) is 15.1. The molecule has 0 saturated carbocycles. The summed E-state index contributed by atoms with van der Waals surface area (Å²) >= 11 is 0. The average molecular weight is 419 g/mol. The van der Waals surface area contributed by atoms with Crippen molar-refractivity contribution in [2.45, 2.75) is 11.8 Å². The van der Waals surface area contributed by atoms with Gasteiger partial charge in [-0.1, -0.05) is 0 Å². The van der Waals surface area contributed by atoms with E-state index in [-0.39, 0.29) is 29.2 Å². The first-order valence-electron chi connectivity index (χ1n) is 9.08. The molecule has 0 bridgehead atoms. The number of nitro benzene ring substituents is 1. The Bertz CT molecular complexity index is 999. The Morgan fingerprint density at radius 2 is 1.76 bits per heavy atom. The van der Waals surface area contributed by atoms with Crippen molar-refractivity contribution in [1.82, 2.24) is 4.31 Å². The molecule has 9 nitrogen and oxygen atoms in total. The van der Waals surface area contributed by atoms with Crippen LogP contribution in [-0.4, -0.2) is 56.7 Å². The first kappa shape index (κ1) is 20.7. The van der Waals surface area contributed by atoms with E-state index in [1.165, 1.54) is 34.6 Å². The maximum absolute atomic E-state index is 12.9. The minimum Gasteiger partial charge on any atom is -0.494 e. The van der Waals surface area contributed by atoms with E-state index in [1.54, 1.807) is 17.0 Å². The van der Waals surface area contributed by atoms with Crippen molar-refractivity contribution in [2.75, 3.05) is 37.7 Å². The van der Waals surface area contributed by atoms with E-state index in [9.17, 15) is 23.3 Å². The van der Waals surface area contributed by atoms with Gasteiger partial charge >= 0.3 is 0 Å². The summed E-state index contributed by atoms with van der Waals surface area (Å²) in [4.78, 5) is 23.7. The molecule has 1 aliphatic heterocycles. The number of benzene rings is 2. The van der Waals surface area contributed by atoms with Gasteiger partial charge in [-0.3, -0.25) is 14.9 Å². The van der Waals surface area contributed by atoms with E-state index < -0.39 is 14.9 Å². The highest BCUT2D eigenvalue weighted by molar-refractivity contribution is 7.89.